The Labute approximate surface area is 84.8 Å². The summed E-state index contributed by atoms with van der Waals surface area (Å²) in [5.74, 6) is 0.974. The molecule has 1 aromatic carbocycles. The number of benzene rings is 1. The molecule has 1 saturated heterocycles. The largest absolute Gasteiger partial charge is 0.496 e. The molecule has 1 fully saturated rings. The van der Waals surface area contributed by atoms with Crippen molar-refractivity contribution >= 4 is 0 Å². The van der Waals surface area contributed by atoms with E-state index in [9.17, 15) is 0 Å². The zero-order chi connectivity index (χ0) is 10.2. The zero-order valence-corrected chi connectivity index (χ0v) is 8.96. The van der Waals surface area contributed by atoms with Crippen molar-refractivity contribution in [3.63, 3.8) is 0 Å². The molecule has 1 aliphatic rings. The van der Waals surface area contributed by atoms with Crippen molar-refractivity contribution in [3.05, 3.63) is 29.3 Å². The maximum absolute atomic E-state index is 5.37. The molecule has 0 spiro atoms. The molecule has 0 bridgehead atoms. The molecular formula is C12H16O2. The quantitative estimate of drug-likeness (QED) is 0.715. The third-order valence-corrected chi connectivity index (χ3v) is 2.85. The molecule has 0 unspecified atom stereocenters. The molecular weight excluding hydrogens is 176 g/mol. The molecule has 1 heterocycles. The monoisotopic (exact) mass is 192 g/mol. The van der Waals surface area contributed by atoms with Crippen molar-refractivity contribution < 1.29 is 9.47 Å². The van der Waals surface area contributed by atoms with Crippen LogP contribution in [0.3, 0.4) is 0 Å². The van der Waals surface area contributed by atoms with E-state index in [1.54, 1.807) is 7.11 Å². The van der Waals surface area contributed by atoms with Crippen LogP contribution in [0.2, 0.25) is 0 Å². The normalized spacial score (nSPS) is 18.8. The minimum absolute atomic E-state index is 0.150. The second-order valence-corrected chi connectivity index (χ2v) is 4.26. The average Bonchev–Trinajstić information content (AvgIpc) is 2.14. The first kappa shape index (κ1) is 9.53. The van der Waals surface area contributed by atoms with Gasteiger partial charge in [0.05, 0.1) is 20.3 Å². The summed E-state index contributed by atoms with van der Waals surface area (Å²) in [6, 6.07) is 6.31. The van der Waals surface area contributed by atoms with Crippen LogP contribution in [0.4, 0.5) is 0 Å². The average molecular weight is 192 g/mol. The number of hydrogen-bond acceptors (Lipinski definition) is 2. The Morgan fingerprint density at radius 1 is 1.36 bits per heavy atom. The minimum Gasteiger partial charge on any atom is -0.496 e. The summed E-state index contributed by atoms with van der Waals surface area (Å²) in [4.78, 5) is 0. The highest BCUT2D eigenvalue weighted by molar-refractivity contribution is 5.43. The van der Waals surface area contributed by atoms with Crippen molar-refractivity contribution in [2.45, 2.75) is 19.3 Å². The lowest BCUT2D eigenvalue weighted by Crippen LogP contribution is -2.44. The summed E-state index contributed by atoms with van der Waals surface area (Å²) in [6.45, 7) is 5.92. The van der Waals surface area contributed by atoms with Gasteiger partial charge in [-0.3, -0.25) is 0 Å². The van der Waals surface area contributed by atoms with E-state index in [4.69, 9.17) is 9.47 Å². The van der Waals surface area contributed by atoms with Crippen LogP contribution in [0.5, 0.6) is 5.75 Å². The van der Waals surface area contributed by atoms with Gasteiger partial charge in [-0.05, 0) is 13.0 Å². The Bertz CT molecular complexity index is 340. The standard InChI is InChI=1S/C12H16O2/c1-9-4-5-11(13-3)10(6-9)12(2)7-14-8-12/h4-6H,7-8H2,1-3H3. The van der Waals surface area contributed by atoms with E-state index < -0.39 is 0 Å². The molecule has 14 heavy (non-hydrogen) atoms. The molecule has 0 N–H and O–H groups in total. The fraction of sp³-hybridized carbons (Fsp3) is 0.500. The molecule has 2 nitrogen and oxygen atoms in total. The Hall–Kier alpha value is -1.02. The predicted octanol–water partition coefficient (Wildman–Crippen LogP) is 2.29. The van der Waals surface area contributed by atoms with Crippen LogP contribution in [-0.4, -0.2) is 20.3 Å². The lowest BCUT2D eigenvalue weighted by atomic mass is 9.79. The SMILES string of the molecule is COc1ccc(C)cc1C1(C)COC1. The molecule has 76 valence electrons. The van der Waals surface area contributed by atoms with Crippen LogP contribution in [0, 0.1) is 6.92 Å². The zero-order valence-electron chi connectivity index (χ0n) is 8.96. The number of ether oxygens (including phenoxy) is 2. The highest BCUT2D eigenvalue weighted by Gasteiger charge is 2.37. The number of methoxy groups -OCH3 is 1. The smallest absolute Gasteiger partial charge is 0.122 e. The van der Waals surface area contributed by atoms with Crippen molar-refractivity contribution in [1.82, 2.24) is 0 Å². The third kappa shape index (κ3) is 1.40. The molecule has 2 rings (SSSR count). The van der Waals surface area contributed by atoms with E-state index in [0.717, 1.165) is 19.0 Å². The van der Waals surface area contributed by atoms with E-state index in [0.29, 0.717) is 0 Å². The molecule has 1 aromatic rings. The summed E-state index contributed by atoms with van der Waals surface area (Å²) in [5, 5.41) is 0. The van der Waals surface area contributed by atoms with Gasteiger partial charge < -0.3 is 9.47 Å². The van der Waals surface area contributed by atoms with Gasteiger partial charge in [0.1, 0.15) is 5.75 Å². The fourth-order valence-corrected chi connectivity index (χ4v) is 1.86. The van der Waals surface area contributed by atoms with Gasteiger partial charge in [0.2, 0.25) is 0 Å². The highest BCUT2D eigenvalue weighted by Crippen LogP contribution is 2.37. The van der Waals surface area contributed by atoms with Gasteiger partial charge in [-0.1, -0.05) is 24.6 Å². The Balaban J connectivity index is 2.43. The first-order valence-electron chi connectivity index (χ1n) is 4.88. The molecule has 1 aliphatic heterocycles. The van der Waals surface area contributed by atoms with Crippen molar-refractivity contribution in [2.24, 2.45) is 0 Å². The third-order valence-electron chi connectivity index (χ3n) is 2.85. The fourth-order valence-electron chi connectivity index (χ4n) is 1.86. The van der Waals surface area contributed by atoms with Crippen molar-refractivity contribution in [2.75, 3.05) is 20.3 Å². The van der Waals surface area contributed by atoms with Crippen molar-refractivity contribution in [3.8, 4) is 5.75 Å². The van der Waals surface area contributed by atoms with E-state index in [1.165, 1.54) is 11.1 Å². The van der Waals surface area contributed by atoms with Gasteiger partial charge in [-0.2, -0.15) is 0 Å². The maximum atomic E-state index is 5.37. The minimum atomic E-state index is 0.150. The first-order valence-corrected chi connectivity index (χ1v) is 4.88. The summed E-state index contributed by atoms with van der Waals surface area (Å²) in [5.41, 5.74) is 2.69. The van der Waals surface area contributed by atoms with Gasteiger partial charge >= 0.3 is 0 Å². The van der Waals surface area contributed by atoms with Crippen LogP contribution in [0.25, 0.3) is 0 Å². The first-order chi connectivity index (χ1) is 6.65. The predicted molar refractivity (Wildman–Crippen MR) is 55.9 cm³/mol. The van der Waals surface area contributed by atoms with Crippen LogP contribution in [0.15, 0.2) is 18.2 Å². The summed E-state index contributed by atoms with van der Waals surface area (Å²) in [7, 11) is 1.72. The van der Waals surface area contributed by atoms with Gasteiger partial charge in [0.25, 0.3) is 0 Å². The summed E-state index contributed by atoms with van der Waals surface area (Å²) in [6.07, 6.45) is 0. The number of aryl methyl sites for hydroxylation is 1. The Morgan fingerprint density at radius 3 is 2.57 bits per heavy atom. The van der Waals surface area contributed by atoms with E-state index >= 15 is 0 Å². The molecule has 0 aliphatic carbocycles. The lowest BCUT2D eigenvalue weighted by molar-refractivity contribution is -0.0509. The lowest BCUT2D eigenvalue weighted by Gasteiger charge is -2.39. The second-order valence-electron chi connectivity index (χ2n) is 4.26. The van der Waals surface area contributed by atoms with Crippen LogP contribution < -0.4 is 4.74 Å². The number of rotatable bonds is 2. The van der Waals surface area contributed by atoms with E-state index in [2.05, 4.69) is 26.0 Å². The molecule has 0 atom stereocenters. The van der Waals surface area contributed by atoms with E-state index in [-0.39, 0.29) is 5.41 Å². The second kappa shape index (κ2) is 3.28. The molecule has 0 amide bonds. The highest BCUT2D eigenvalue weighted by atomic mass is 16.5. The summed E-state index contributed by atoms with van der Waals surface area (Å²) >= 11 is 0. The maximum Gasteiger partial charge on any atom is 0.122 e. The van der Waals surface area contributed by atoms with Crippen LogP contribution in [0.1, 0.15) is 18.1 Å². The molecule has 0 saturated carbocycles. The molecule has 2 heteroatoms. The van der Waals surface area contributed by atoms with Gasteiger partial charge in [0.15, 0.2) is 0 Å². The van der Waals surface area contributed by atoms with Gasteiger partial charge in [-0.25, -0.2) is 0 Å². The number of hydrogen-bond donors (Lipinski definition) is 0. The summed E-state index contributed by atoms with van der Waals surface area (Å²) < 4.78 is 10.6. The topological polar surface area (TPSA) is 18.5 Å². The van der Waals surface area contributed by atoms with Gasteiger partial charge in [-0.15, -0.1) is 0 Å². The van der Waals surface area contributed by atoms with Crippen LogP contribution in [-0.2, 0) is 10.2 Å². The molecule has 0 aromatic heterocycles. The van der Waals surface area contributed by atoms with Gasteiger partial charge in [0, 0.05) is 11.0 Å². The van der Waals surface area contributed by atoms with Crippen LogP contribution >= 0.6 is 0 Å². The Kier molecular flexibility index (Phi) is 2.23. The van der Waals surface area contributed by atoms with E-state index in [1.807, 2.05) is 6.07 Å². The van der Waals surface area contributed by atoms with Crippen molar-refractivity contribution in [1.29, 1.82) is 0 Å². The molecule has 0 radical (unpaired) electrons. The Morgan fingerprint density at radius 2 is 2.07 bits per heavy atom.